The van der Waals surface area contributed by atoms with Gasteiger partial charge in [0.1, 0.15) is 18.0 Å². The standard InChI is InChI=1S/C15H21N3O2/c1-11-8-13(15(19)20-11)18-7-5-12(10-18)9-17-14-4-2-3-6-16-14/h2-4,6,11-13H,5,7-10H2,1H3,(H,16,17)/t11-,12+,13+/m1/s1. The second-order valence-electron chi connectivity index (χ2n) is 5.74. The number of ether oxygens (including phenoxy) is 1. The third-order valence-electron chi connectivity index (χ3n) is 4.14. The largest absolute Gasteiger partial charge is 0.461 e. The zero-order valence-corrected chi connectivity index (χ0v) is 11.8. The minimum atomic E-state index is -0.0455. The monoisotopic (exact) mass is 275 g/mol. The van der Waals surface area contributed by atoms with Gasteiger partial charge in [0, 0.05) is 25.7 Å². The number of pyridine rings is 1. The normalized spacial score (nSPS) is 30.4. The molecule has 20 heavy (non-hydrogen) atoms. The number of likely N-dealkylation sites (tertiary alicyclic amines) is 1. The molecule has 0 aliphatic carbocycles. The van der Waals surface area contributed by atoms with Crippen LogP contribution >= 0.6 is 0 Å². The van der Waals surface area contributed by atoms with Crippen LogP contribution in [0.1, 0.15) is 19.8 Å². The molecule has 0 spiro atoms. The molecule has 1 aromatic heterocycles. The maximum atomic E-state index is 11.8. The second-order valence-corrected chi connectivity index (χ2v) is 5.74. The zero-order chi connectivity index (χ0) is 13.9. The molecule has 108 valence electrons. The van der Waals surface area contributed by atoms with E-state index < -0.39 is 0 Å². The van der Waals surface area contributed by atoms with E-state index in [-0.39, 0.29) is 18.1 Å². The Kier molecular flexibility index (Phi) is 3.87. The minimum Gasteiger partial charge on any atom is -0.461 e. The number of carbonyl (C=O) groups is 1. The first-order chi connectivity index (χ1) is 9.72. The fourth-order valence-corrected chi connectivity index (χ4v) is 3.06. The molecule has 5 heteroatoms. The lowest BCUT2D eigenvalue weighted by Gasteiger charge is -2.20. The van der Waals surface area contributed by atoms with Crippen molar-refractivity contribution in [3.8, 4) is 0 Å². The van der Waals surface area contributed by atoms with Gasteiger partial charge in [0.15, 0.2) is 0 Å². The molecule has 1 N–H and O–H groups in total. The van der Waals surface area contributed by atoms with E-state index in [9.17, 15) is 4.79 Å². The fourth-order valence-electron chi connectivity index (χ4n) is 3.06. The first kappa shape index (κ1) is 13.4. The Morgan fingerprint density at radius 2 is 2.40 bits per heavy atom. The zero-order valence-electron chi connectivity index (χ0n) is 11.8. The van der Waals surface area contributed by atoms with E-state index in [1.54, 1.807) is 6.20 Å². The van der Waals surface area contributed by atoms with Gasteiger partial charge in [-0.15, -0.1) is 0 Å². The molecule has 3 rings (SSSR count). The van der Waals surface area contributed by atoms with Gasteiger partial charge in [0.05, 0.1) is 0 Å². The lowest BCUT2D eigenvalue weighted by atomic mass is 10.1. The van der Waals surface area contributed by atoms with E-state index in [4.69, 9.17) is 4.74 Å². The summed E-state index contributed by atoms with van der Waals surface area (Å²) in [6.45, 7) is 4.83. The number of nitrogens with zero attached hydrogens (tertiary/aromatic N) is 2. The number of anilines is 1. The Balaban J connectivity index is 1.49. The Labute approximate surface area is 119 Å². The molecule has 2 saturated heterocycles. The summed E-state index contributed by atoms with van der Waals surface area (Å²) < 4.78 is 5.24. The highest BCUT2D eigenvalue weighted by molar-refractivity contribution is 5.78. The van der Waals surface area contributed by atoms with Gasteiger partial charge in [-0.2, -0.15) is 0 Å². The van der Waals surface area contributed by atoms with E-state index in [1.165, 1.54) is 0 Å². The molecule has 1 aromatic rings. The second kappa shape index (κ2) is 5.79. The van der Waals surface area contributed by atoms with Gasteiger partial charge >= 0.3 is 5.97 Å². The third-order valence-corrected chi connectivity index (χ3v) is 4.14. The van der Waals surface area contributed by atoms with Crippen LogP contribution < -0.4 is 5.32 Å². The summed E-state index contributed by atoms with van der Waals surface area (Å²) in [4.78, 5) is 18.3. The molecule has 0 aromatic carbocycles. The summed E-state index contributed by atoms with van der Waals surface area (Å²) >= 11 is 0. The van der Waals surface area contributed by atoms with E-state index in [1.807, 2.05) is 25.1 Å². The molecule has 0 amide bonds. The van der Waals surface area contributed by atoms with E-state index in [2.05, 4.69) is 15.2 Å². The molecule has 3 atom stereocenters. The number of aromatic nitrogens is 1. The molecule has 3 heterocycles. The molecule has 5 nitrogen and oxygen atoms in total. The molecule has 0 unspecified atom stereocenters. The number of hydrogen-bond acceptors (Lipinski definition) is 5. The van der Waals surface area contributed by atoms with Gasteiger partial charge in [0.25, 0.3) is 0 Å². The van der Waals surface area contributed by atoms with Crippen LogP contribution in [-0.2, 0) is 9.53 Å². The topological polar surface area (TPSA) is 54.5 Å². The van der Waals surface area contributed by atoms with Crippen molar-refractivity contribution in [1.29, 1.82) is 0 Å². The number of nitrogens with one attached hydrogen (secondary N) is 1. The highest BCUT2D eigenvalue weighted by Gasteiger charge is 2.39. The Bertz CT molecular complexity index is 465. The maximum absolute atomic E-state index is 11.8. The molecule has 2 aliphatic heterocycles. The number of carbonyl (C=O) groups excluding carboxylic acids is 1. The van der Waals surface area contributed by atoms with Crippen molar-refractivity contribution < 1.29 is 9.53 Å². The van der Waals surface area contributed by atoms with Gasteiger partial charge in [-0.25, -0.2) is 4.98 Å². The van der Waals surface area contributed by atoms with Crippen LogP contribution in [0.5, 0.6) is 0 Å². The van der Waals surface area contributed by atoms with Crippen molar-refractivity contribution in [2.24, 2.45) is 5.92 Å². The molecule has 0 radical (unpaired) electrons. The predicted octanol–water partition coefficient (Wildman–Crippen LogP) is 1.52. The summed E-state index contributed by atoms with van der Waals surface area (Å²) in [6.07, 6.45) is 3.81. The Hall–Kier alpha value is -1.62. The number of cyclic esters (lactones) is 1. The minimum absolute atomic E-state index is 0.0233. The van der Waals surface area contributed by atoms with E-state index in [0.29, 0.717) is 5.92 Å². The molecule has 0 saturated carbocycles. The van der Waals surface area contributed by atoms with E-state index in [0.717, 1.165) is 38.3 Å². The maximum Gasteiger partial charge on any atom is 0.323 e. The van der Waals surface area contributed by atoms with Crippen LogP contribution in [0.25, 0.3) is 0 Å². The number of rotatable bonds is 4. The van der Waals surface area contributed by atoms with Gasteiger partial charge in [-0.05, 0) is 37.9 Å². The van der Waals surface area contributed by atoms with Crippen LogP contribution in [0.3, 0.4) is 0 Å². The summed E-state index contributed by atoms with van der Waals surface area (Å²) in [7, 11) is 0. The summed E-state index contributed by atoms with van der Waals surface area (Å²) in [5.74, 6) is 1.44. The first-order valence-electron chi connectivity index (χ1n) is 7.32. The van der Waals surface area contributed by atoms with Crippen molar-refractivity contribution in [3.63, 3.8) is 0 Å². The Morgan fingerprint density at radius 1 is 1.50 bits per heavy atom. The smallest absolute Gasteiger partial charge is 0.323 e. The van der Waals surface area contributed by atoms with Crippen LogP contribution in [-0.4, -0.2) is 47.6 Å². The SMILES string of the molecule is C[C@@H]1C[C@H](N2CC[C@@H](CNc3ccccn3)C2)C(=O)O1. The van der Waals surface area contributed by atoms with Crippen LogP contribution in [0.2, 0.25) is 0 Å². The molecule has 2 fully saturated rings. The van der Waals surface area contributed by atoms with Crippen molar-refractivity contribution in [1.82, 2.24) is 9.88 Å². The van der Waals surface area contributed by atoms with Crippen molar-refractivity contribution in [3.05, 3.63) is 24.4 Å². The molecular formula is C15H21N3O2. The quantitative estimate of drug-likeness (QED) is 0.844. The van der Waals surface area contributed by atoms with E-state index >= 15 is 0 Å². The predicted molar refractivity (Wildman–Crippen MR) is 76.4 cm³/mol. The van der Waals surface area contributed by atoms with Gasteiger partial charge in [-0.3, -0.25) is 9.69 Å². The Morgan fingerprint density at radius 3 is 3.10 bits per heavy atom. The summed E-state index contributed by atoms with van der Waals surface area (Å²) in [6, 6.07) is 5.84. The van der Waals surface area contributed by atoms with Gasteiger partial charge in [0.2, 0.25) is 0 Å². The molecule has 0 bridgehead atoms. The molecule has 2 aliphatic rings. The van der Waals surface area contributed by atoms with Crippen LogP contribution in [0.15, 0.2) is 24.4 Å². The lowest BCUT2D eigenvalue weighted by Crippen LogP contribution is -2.37. The third kappa shape index (κ3) is 2.93. The number of esters is 1. The summed E-state index contributed by atoms with van der Waals surface area (Å²) in [5.41, 5.74) is 0. The highest BCUT2D eigenvalue weighted by atomic mass is 16.6. The van der Waals surface area contributed by atoms with Crippen molar-refractivity contribution in [2.45, 2.75) is 31.9 Å². The van der Waals surface area contributed by atoms with Crippen molar-refractivity contribution in [2.75, 3.05) is 25.0 Å². The average molecular weight is 275 g/mol. The fraction of sp³-hybridized carbons (Fsp3) is 0.600. The summed E-state index contributed by atoms with van der Waals surface area (Å²) in [5, 5.41) is 3.36. The van der Waals surface area contributed by atoms with Crippen LogP contribution in [0.4, 0.5) is 5.82 Å². The first-order valence-corrected chi connectivity index (χ1v) is 7.32. The van der Waals surface area contributed by atoms with Crippen molar-refractivity contribution >= 4 is 11.8 Å². The lowest BCUT2D eigenvalue weighted by molar-refractivity contribution is -0.144. The highest BCUT2D eigenvalue weighted by Crippen LogP contribution is 2.26. The molecular weight excluding hydrogens is 254 g/mol. The van der Waals surface area contributed by atoms with Gasteiger partial charge < -0.3 is 10.1 Å². The van der Waals surface area contributed by atoms with Crippen LogP contribution in [0, 0.1) is 5.92 Å². The average Bonchev–Trinajstić information content (AvgIpc) is 3.04. The van der Waals surface area contributed by atoms with Gasteiger partial charge in [-0.1, -0.05) is 6.07 Å². The number of hydrogen-bond donors (Lipinski definition) is 1.